The van der Waals surface area contributed by atoms with Gasteiger partial charge in [0.1, 0.15) is 0 Å². The SMILES string of the molecule is CCc1ccccc1NC(=S)N(CCCN1CCOCC1)Cc1cn(C)c2ccccc12. The highest BCUT2D eigenvalue weighted by Gasteiger charge is 2.16. The molecule has 0 radical (unpaired) electrons. The average molecular weight is 451 g/mol. The number of benzene rings is 2. The van der Waals surface area contributed by atoms with Crippen molar-refractivity contribution in [2.45, 2.75) is 26.3 Å². The van der Waals surface area contributed by atoms with Crippen LogP contribution in [0.4, 0.5) is 5.69 Å². The van der Waals surface area contributed by atoms with Crippen molar-refractivity contribution in [3.8, 4) is 0 Å². The molecule has 1 aliphatic rings. The number of ether oxygens (including phenoxy) is 1. The first-order valence-corrected chi connectivity index (χ1v) is 12.0. The van der Waals surface area contributed by atoms with Gasteiger partial charge in [0.25, 0.3) is 0 Å². The lowest BCUT2D eigenvalue weighted by Gasteiger charge is -2.30. The summed E-state index contributed by atoms with van der Waals surface area (Å²) in [5, 5.41) is 5.63. The molecule has 170 valence electrons. The number of fused-ring (bicyclic) bond motifs is 1. The fourth-order valence-electron chi connectivity index (χ4n) is 4.46. The highest BCUT2D eigenvalue weighted by Crippen LogP contribution is 2.23. The van der Waals surface area contributed by atoms with Gasteiger partial charge in [0.2, 0.25) is 0 Å². The third kappa shape index (κ3) is 5.49. The quantitative estimate of drug-likeness (QED) is 0.505. The standard InChI is InChI=1S/C26H34N4OS/c1-3-21-9-4-6-11-24(21)27-26(32)30(14-8-13-29-15-17-31-18-16-29)20-22-19-28(2)25-12-7-5-10-23(22)25/h4-7,9-12,19H,3,8,13-18,20H2,1-2H3,(H,27,32). The number of nitrogens with zero attached hydrogens (tertiary/aromatic N) is 3. The minimum absolute atomic E-state index is 0.792. The molecule has 0 spiro atoms. The molecule has 5 nitrogen and oxygen atoms in total. The first-order valence-electron chi connectivity index (χ1n) is 11.6. The molecule has 0 amide bonds. The van der Waals surface area contributed by atoms with Crippen LogP contribution in [0.15, 0.2) is 54.7 Å². The summed E-state index contributed by atoms with van der Waals surface area (Å²) in [5.41, 5.74) is 4.96. The summed E-state index contributed by atoms with van der Waals surface area (Å²) >= 11 is 5.94. The summed E-state index contributed by atoms with van der Waals surface area (Å²) < 4.78 is 7.70. The molecule has 1 saturated heterocycles. The Hall–Kier alpha value is -2.41. The summed E-state index contributed by atoms with van der Waals surface area (Å²) in [5.74, 6) is 0. The number of hydrogen-bond donors (Lipinski definition) is 1. The van der Waals surface area contributed by atoms with Gasteiger partial charge in [-0.25, -0.2) is 0 Å². The predicted molar refractivity (Wildman–Crippen MR) is 137 cm³/mol. The second-order valence-electron chi connectivity index (χ2n) is 8.45. The van der Waals surface area contributed by atoms with E-state index in [0.717, 1.165) is 69.6 Å². The maximum absolute atomic E-state index is 5.94. The number of anilines is 1. The number of para-hydroxylation sites is 2. The zero-order valence-corrected chi connectivity index (χ0v) is 20.0. The van der Waals surface area contributed by atoms with E-state index in [9.17, 15) is 0 Å². The lowest BCUT2D eigenvalue weighted by molar-refractivity contribution is 0.0368. The van der Waals surface area contributed by atoms with E-state index in [0.29, 0.717) is 0 Å². The van der Waals surface area contributed by atoms with Crippen molar-refractivity contribution in [1.82, 2.24) is 14.4 Å². The Bertz CT molecular complexity index is 1040. The molecule has 32 heavy (non-hydrogen) atoms. The van der Waals surface area contributed by atoms with Crippen molar-refractivity contribution >= 4 is 33.9 Å². The molecule has 2 aromatic carbocycles. The zero-order chi connectivity index (χ0) is 22.3. The van der Waals surface area contributed by atoms with Crippen molar-refractivity contribution in [2.24, 2.45) is 7.05 Å². The molecule has 0 atom stereocenters. The molecule has 0 aliphatic carbocycles. The largest absolute Gasteiger partial charge is 0.379 e. The fourth-order valence-corrected chi connectivity index (χ4v) is 4.73. The molecule has 1 N–H and O–H groups in total. The van der Waals surface area contributed by atoms with Crippen molar-refractivity contribution in [3.05, 3.63) is 65.9 Å². The van der Waals surface area contributed by atoms with E-state index in [1.807, 2.05) is 0 Å². The van der Waals surface area contributed by atoms with Gasteiger partial charge in [-0.1, -0.05) is 43.3 Å². The molecule has 3 aromatic rings. The monoisotopic (exact) mass is 450 g/mol. The number of hydrogen-bond acceptors (Lipinski definition) is 3. The van der Waals surface area contributed by atoms with Crippen LogP contribution in [0.1, 0.15) is 24.5 Å². The van der Waals surface area contributed by atoms with E-state index in [1.165, 1.54) is 22.0 Å². The van der Waals surface area contributed by atoms with Gasteiger partial charge in [-0.2, -0.15) is 0 Å². The van der Waals surface area contributed by atoms with E-state index >= 15 is 0 Å². The third-order valence-electron chi connectivity index (χ3n) is 6.27. The molecule has 1 aromatic heterocycles. The van der Waals surface area contributed by atoms with Crippen LogP contribution >= 0.6 is 12.2 Å². The Morgan fingerprint density at radius 1 is 1.06 bits per heavy atom. The zero-order valence-electron chi connectivity index (χ0n) is 19.2. The van der Waals surface area contributed by atoms with Gasteiger partial charge in [0, 0.05) is 62.6 Å². The Kier molecular flexibility index (Phi) is 7.79. The van der Waals surface area contributed by atoms with Crippen LogP contribution < -0.4 is 5.32 Å². The number of nitrogens with one attached hydrogen (secondary N) is 1. The van der Waals surface area contributed by atoms with Crippen LogP contribution in [0, 0.1) is 0 Å². The smallest absolute Gasteiger partial charge is 0.173 e. The van der Waals surface area contributed by atoms with Gasteiger partial charge in [0.05, 0.1) is 13.2 Å². The summed E-state index contributed by atoms with van der Waals surface area (Å²) in [6.07, 6.45) is 4.29. The van der Waals surface area contributed by atoms with Crippen LogP contribution in [0.3, 0.4) is 0 Å². The number of morpholine rings is 1. The Balaban J connectivity index is 1.50. The fraction of sp³-hybridized carbons (Fsp3) is 0.423. The molecule has 6 heteroatoms. The first-order chi connectivity index (χ1) is 15.7. The second-order valence-corrected chi connectivity index (χ2v) is 8.84. The maximum Gasteiger partial charge on any atom is 0.173 e. The van der Waals surface area contributed by atoms with E-state index in [-0.39, 0.29) is 0 Å². The highest BCUT2D eigenvalue weighted by atomic mass is 32.1. The number of aromatic nitrogens is 1. The lowest BCUT2D eigenvalue weighted by Crippen LogP contribution is -2.40. The van der Waals surface area contributed by atoms with E-state index in [2.05, 4.69) is 88.4 Å². The van der Waals surface area contributed by atoms with Crippen LogP contribution in [-0.4, -0.2) is 58.9 Å². The molecular formula is C26H34N4OS. The molecule has 1 aliphatic heterocycles. The van der Waals surface area contributed by atoms with Gasteiger partial charge in [0.15, 0.2) is 5.11 Å². The van der Waals surface area contributed by atoms with Gasteiger partial charge < -0.3 is 19.5 Å². The first kappa shape index (κ1) is 22.8. The van der Waals surface area contributed by atoms with Crippen LogP contribution in [0.2, 0.25) is 0 Å². The van der Waals surface area contributed by atoms with Crippen molar-refractivity contribution in [1.29, 1.82) is 0 Å². The van der Waals surface area contributed by atoms with E-state index < -0.39 is 0 Å². The second kappa shape index (κ2) is 10.9. The highest BCUT2D eigenvalue weighted by molar-refractivity contribution is 7.80. The number of thiocarbonyl (C=S) groups is 1. The van der Waals surface area contributed by atoms with E-state index in [4.69, 9.17) is 17.0 Å². The summed E-state index contributed by atoms with van der Waals surface area (Å²) in [6, 6.07) is 17.0. The third-order valence-corrected chi connectivity index (χ3v) is 6.63. The molecular weight excluding hydrogens is 416 g/mol. The van der Waals surface area contributed by atoms with Crippen LogP contribution in [0.5, 0.6) is 0 Å². The summed E-state index contributed by atoms with van der Waals surface area (Å²) in [6.45, 7) is 8.70. The predicted octanol–water partition coefficient (Wildman–Crippen LogP) is 4.66. The maximum atomic E-state index is 5.94. The van der Waals surface area contributed by atoms with Crippen molar-refractivity contribution in [3.63, 3.8) is 0 Å². The molecule has 0 bridgehead atoms. The Morgan fingerprint density at radius 2 is 1.81 bits per heavy atom. The topological polar surface area (TPSA) is 32.7 Å². The Labute approximate surface area is 197 Å². The van der Waals surface area contributed by atoms with Crippen LogP contribution in [-0.2, 0) is 24.8 Å². The van der Waals surface area contributed by atoms with E-state index in [1.54, 1.807) is 0 Å². The normalized spacial score (nSPS) is 14.6. The molecule has 2 heterocycles. The van der Waals surface area contributed by atoms with Crippen LogP contribution in [0.25, 0.3) is 10.9 Å². The molecule has 1 fully saturated rings. The average Bonchev–Trinajstić information content (AvgIpc) is 3.15. The minimum atomic E-state index is 0.792. The molecule has 0 unspecified atom stereocenters. The lowest BCUT2D eigenvalue weighted by atomic mass is 10.1. The summed E-state index contributed by atoms with van der Waals surface area (Å²) in [4.78, 5) is 4.81. The van der Waals surface area contributed by atoms with Gasteiger partial charge >= 0.3 is 0 Å². The summed E-state index contributed by atoms with van der Waals surface area (Å²) in [7, 11) is 2.11. The number of aryl methyl sites for hydroxylation is 2. The minimum Gasteiger partial charge on any atom is -0.379 e. The molecule has 0 saturated carbocycles. The van der Waals surface area contributed by atoms with Gasteiger partial charge in [-0.3, -0.25) is 4.90 Å². The van der Waals surface area contributed by atoms with Gasteiger partial charge in [-0.05, 0) is 48.3 Å². The number of rotatable bonds is 8. The van der Waals surface area contributed by atoms with Gasteiger partial charge in [-0.15, -0.1) is 0 Å². The Morgan fingerprint density at radius 3 is 2.62 bits per heavy atom. The van der Waals surface area contributed by atoms with Crippen molar-refractivity contribution < 1.29 is 4.74 Å². The molecule has 4 rings (SSSR count). The van der Waals surface area contributed by atoms with Crippen molar-refractivity contribution in [2.75, 3.05) is 44.7 Å².